The van der Waals surface area contributed by atoms with E-state index in [0.717, 1.165) is 11.1 Å². The van der Waals surface area contributed by atoms with Crippen molar-refractivity contribution >= 4 is 12.0 Å². The lowest BCUT2D eigenvalue weighted by molar-refractivity contribution is -0.139. The molecular weight excluding hydrogens is 344 g/mol. The predicted octanol–water partition coefficient (Wildman–Crippen LogP) is 2.80. The van der Waals surface area contributed by atoms with Crippen LogP contribution in [0.2, 0.25) is 0 Å². The number of likely N-dealkylation sites (N-methyl/N-ethyl adjacent to an activating group) is 1. The Kier molecular flexibility index (Phi) is 5.59. The van der Waals surface area contributed by atoms with Gasteiger partial charge in [-0.3, -0.25) is 9.58 Å². The molecule has 0 fully saturated rings. The van der Waals surface area contributed by atoms with Crippen LogP contribution in [-0.2, 0) is 16.1 Å². The normalized spacial score (nSPS) is 17.1. The first-order chi connectivity index (χ1) is 13.0. The summed E-state index contributed by atoms with van der Waals surface area (Å²) in [5.74, 6) is -0.427. The van der Waals surface area contributed by atoms with Gasteiger partial charge in [0, 0.05) is 12.7 Å². The summed E-state index contributed by atoms with van der Waals surface area (Å²) >= 11 is 0. The van der Waals surface area contributed by atoms with E-state index in [1.54, 1.807) is 22.7 Å². The van der Waals surface area contributed by atoms with Crippen LogP contribution < -0.4 is 5.32 Å². The quantitative estimate of drug-likeness (QED) is 0.796. The number of carbonyl (C=O) groups excluding carboxylic acids is 2. The number of nitrogens with zero attached hydrogens (tertiary/aromatic N) is 3. The SMILES string of the molecule is CCOC(=O)C1=C(Cn2cc(C)cn2)N(CC)C(=O)N[C@H]1c1ccccc1. The van der Waals surface area contributed by atoms with Crippen LogP contribution >= 0.6 is 0 Å². The maximum absolute atomic E-state index is 12.9. The van der Waals surface area contributed by atoms with E-state index in [4.69, 9.17) is 4.74 Å². The van der Waals surface area contributed by atoms with Gasteiger partial charge >= 0.3 is 12.0 Å². The Hall–Kier alpha value is -3.09. The number of ether oxygens (including phenoxy) is 1. The van der Waals surface area contributed by atoms with Crippen molar-refractivity contribution in [3.8, 4) is 0 Å². The van der Waals surface area contributed by atoms with Crippen LogP contribution in [0.1, 0.15) is 31.0 Å². The van der Waals surface area contributed by atoms with Crippen molar-refractivity contribution in [2.75, 3.05) is 13.2 Å². The molecule has 1 N–H and O–H groups in total. The standard InChI is InChI=1S/C20H24N4O3/c1-4-24-16(13-23-12-14(3)11-21-23)17(19(25)27-5-2)18(22-20(24)26)15-9-7-6-8-10-15/h6-12,18H,4-5,13H2,1-3H3,(H,22,26)/t18-/m0/s1. The van der Waals surface area contributed by atoms with Crippen molar-refractivity contribution in [3.63, 3.8) is 0 Å². The minimum Gasteiger partial charge on any atom is -0.463 e. The molecule has 0 bridgehead atoms. The third kappa shape index (κ3) is 3.86. The smallest absolute Gasteiger partial charge is 0.338 e. The van der Waals surface area contributed by atoms with Gasteiger partial charge in [-0.1, -0.05) is 30.3 Å². The van der Waals surface area contributed by atoms with E-state index >= 15 is 0 Å². The lowest BCUT2D eigenvalue weighted by Gasteiger charge is -2.36. The summed E-state index contributed by atoms with van der Waals surface area (Å²) in [6.45, 7) is 6.60. The second-order valence-corrected chi connectivity index (χ2v) is 6.33. The fraction of sp³-hybridized carbons (Fsp3) is 0.350. The molecule has 27 heavy (non-hydrogen) atoms. The first-order valence-corrected chi connectivity index (χ1v) is 9.07. The second kappa shape index (κ2) is 8.07. The third-order valence-corrected chi connectivity index (χ3v) is 4.46. The van der Waals surface area contributed by atoms with Crippen molar-refractivity contribution in [2.24, 2.45) is 0 Å². The van der Waals surface area contributed by atoms with Crippen LogP contribution in [0.15, 0.2) is 54.0 Å². The summed E-state index contributed by atoms with van der Waals surface area (Å²) in [4.78, 5) is 27.2. The third-order valence-electron chi connectivity index (χ3n) is 4.46. The largest absolute Gasteiger partial charge is 0.463 e. The number of urea groups is 1. The number of aromatic nitrogens is 2. The lowest BCUT2D eigenvalue weighted by atomic mass is 9.94. The predicted molar refractivity (Wildman–Crippen MR) is 101 cm³/mol. The summed E-state index contributed by atoms with van der Waals surface area (Å²) in [5.41, 5.74) is 2.89. The van der Waals surface area contributed by atoms with E-state index in [1.165, 1.54) is 0 Å². The summed E-state index contributed by atoms with van der Waals surface area (Å²) in [7, 11) is 0. The molecule has 142 valence electrons. The highest BCUT2D eigenvalue weighted by Crippen LogP contribution is 2.32. The van der Waals surface area contributed by atoms with Gasteiger partial charge in [-0.05, 0) is 31.9 Å². The van der Waals surface area contributed by atoms with E-state index in [-0.39, 0.29) is 12.6 Å². The number of aryl methyl sites for hydroxylation is 1. The van der Waals surface area contributed by atoms with Crippen molar-refractivity contribution in [3.05, 3.63) is 65.1 Å². The van der Waals surface area contributed by atoms with Crippen LogP contribution in [-0.4, -0.2) is 39.8 Å². The van der Waals surface area contributed by atoms with Gasteiger partial charge in [0.2, 0.25) is 0 Å². The Morgan fingerprint density at radius 1 is 1.26 bits per heavy atom. The second-order valence-electron chi connectivity index (χ2n) is 6.33. The van der Waals surface area contributed by atoms with Gasteiger partial charge in [0.05, 0.1) is 36.7 Å². The summed E-state index contributed by atoms with van der Waals surface area (Å²) in [5, 5.41) is 7.26. The molecule has 2 heterocycles. The van der Waals surface area contributed by atoms with Gasteiger partial charge in [-0.2, -0.15) is 5.10 Å². The van der Waals surface area contributed by atoms with Gasteiger partial charge in [-0.25, -0.2) is 9.59 Å². The number of benzene rings is 1. The van der Waals surface area contributed by atoms with Crippen molar-refractivity contribution in [1.29, 1.82) is 0 Å². The zero-order valence-corrected chi connectivity index (χ0v) is 15.8. The molecule has 0 saturated carbocycles. The first-order valence-electron chi connectivity index (χ1n) is 9.07. The Balaban J connectivity index is 2.14. The number of carbonyl (C=O) groups is 2. The number of hydrogen-bond donors (Lipinski definition) is 1. The molecule has 0 aliphatic carbocycles. The van der Waals surface area contributed by atoms with Crippen LogP contribution in [0.3, 0.4) is 0 Å². The van der Waals surface area contributed by atoms with Gasteiger partial charge in [0.1, 0.15) is 0 Å². The molecule has 0 spiro atoms. The number of allylic oxidation sites excluding steroid dienone is 1. The Bertz CT molecular complexity index is 857. The average molecular weight is 368 g/mol. The van der Waals surface area contributed by atoms with E-state index in [0.29, 0.717) is 24.4 Å². The molecule has 7 heteroatoms. The van der Waals surface area contributed by atoms with Gasteiger partial charge in [0.15, 0.2) is 0 Å². The topological polar surface area (TPSA) is 76.5 Å². The van der Waals surface area contributed by atoms with Gasteiger partial charge < -0.3 is 10.1 Å². The molecule has 0 unspecified atom stereocenters. The van der Waals surface area contributed by atoms with Crippen LogP contribution in [0.25, 0.3) is 0 Å². The number of nitrogens with one attached hydrogen (secondary N) is 1. The zero-order chi connectivity index (χ0) is 19.4. The number of rotatable bonds is 6. The van der Waals surface area contributed by atoms with Gasteiger partial charge in [-0.15, -0.1) is 0 Å². The van der Waals surface area contributed by atoms with Crippen LogP contribution in [0.4, 0.5) is 4.79 Å². The monoisotopic (exact) mass is 368 g/mol. The van der Waals surface area contributed by atoms with Gasteiger partial charge in [0.25, 0.3) is 0 Å². The fourth-order valence-electron chi connectivity index (χ4n) is 3.26. The molecule has 2 amide bonds. The van der Waals surface area contributed by atoms with Crippen molar-refractivity contribution in [1.82, 2.24) is 20.0 Å². The molecule has 7 nitrogen and oxygen atoms in total. The molecule has 3 rings (SSSR count). The molecule has 0 saturated heterocycles. The number of amides is 2. The van der Waals surface area contributed by atoms with Crippen molar-refractivity contribution in [2.45, 2.75) is 33.4 Å². The van der Waals surface area contributed by atoms with E-state index in [1.807, 2.05) is 50.4 Å². The fourth-order valence-corrected chi connectivity index (χ4v) is 3.26. The highest BCUT2D eigenvalue weighted by molar-refractivity contribution is 5.95. The van der Waals surface area contributed by atoms with E-state index < -0.39 is 12.0 Å². The molecule has 1 atom stereocenters. The number of esters is 1. The Morgan fingerprint density at radius 3 is 2.59 bits per heavy atom. The average Bonchev–Trinajstić information content (AvgIpc) is 3.07. The maximum Gasteiger partial charge on any atom is 0.338 e. The van der Waals surface area contributed by atoms with Crippen LogP contribution in [0, 0.1) is 6.92 Å². The highest BCUT2D eigenvalue weighted by atomic mass is 16.5. The zero-order valence-electron chi connectivity index (χ0n) is 15.8. The minimum atomic E-state index is -0.563. The molecule has 1 aromatic carbocycles. The van der Waals surface area contributed by atoms with E-state index in [9.17, 15) is 9.59 Å². The van der Waals surface area contributed by atoms with E-state index in [2.05, 4.69) is 10.4 Å². The minimum absolute atomic E-state index is 0.238. The summed E-state index contributed by atoms with van der Waals surface area (Å²) in [6.07, 6.45) is 3.63. The molecule has 1 aromatic heterocycles. The number of hydrogen-bond acceptors (Lipinski definition) is 4. The molecule has 2 aromatic rings. The summed E-state index contributed by atoms with van der Waals surface area (Å²) in [6, 6.07) is 8.64. The lowest BCUT2D eigenvalue weighted by Crippen LogP contribution is -2.49. The molecular formula is C20H24N4O3. The maximum atomic E-state index is 12.9. The summed E-state index contributed by atoms with van der Waals surface area (Å²) < 4.78 is 7.06. The highest BCUT2D eigenvalue weighted by Gasteiger charge is 2.37. The Morgan fingerprint density at radius 2 is 2.00 bits per heavy atom. The molecule has 0 radical (unpaired) electrons. The molecule has 1 aliphatic heterocycles. The Labute approximate surface area is 158 Å². The van der Waals surface area contributed by atoms with Crippen molar-refractivity contribution < 1.29 is 14.3 Å². The van der Waals surface area contributed by atoms with Crippen LogP contribution in [0.5, 0.6) is 0 Å². The molecule has 1 aliphatic rings. The first kappa shape index (κ1) is 18.7.